The Bertz CT molecular complexity index is 816. The van der Waals surface area contributed by atoms with E-state index in [0.717, 1.165) is 11.1 Å². The van der Waals surface area contributed by atoms with Crippen molar-refractivity contribution in [1.82, 2.24) is 14.5 Å². The SMILES string of the molecule is COc1cc(F)ccc1-n1c(CCl)nc2c(C)ccnc21. The molecule has 0 bridgehead atoms. The Morgan fingerprint density at radius 1 is 1.33 bits per heavy atom. The monoisotopic (exact) mass is 305 g/mol. The number of nitrogens with zero attached hydrogens (tertiary/aromatic N) is 3. The molecule has 0 radical (unpaired) electrons. The minimum atomic E-state index is -0.364. The van der Waals surface area contributed by atoms with Gasteiger partial charge in [-0.05, 0) is 30.7 Å². The first-order valence-corrected chi connectivity index (χ1v) is 6.92. The van der Waals surface area contributed by atoms with Crippen LogP contribution in [0.1, 0.15) is 11.4 Å². The van der Waals surface area contributed by atoms with Crippen LogP contribution in [0.4, 0.5) is 4.39 Å². The van der Waals surface area contributed by atoms with Crippen LogP contribution in [-0.4, -0.2) is 21.6 Å². The highest BCUT2D eigenvalue weighted by atomic mass is 35.5. The zero-order valence-corrected chi connectivity index (χ0v) is 12.4. The Labute approximate surface area is 126 Å². The minimum absolute atomic E-state index is 0.219. The number of aromatic nitrogens is 3. The molecule has 3 aromatic rings. The number of imidazole rings is 1. The predicted molar refractivity (Wildman–Crippen MR) is 79.7 cm³/mol. The number of hydrogen-bond acceptors (Lipinski definition) is 3. The number of rotatable bonds is 3. The third kappa shape index (κ3) is 2.23. The van der Waals surface area contributed by atoms with Crippen LogP contribution in [0.15, 0.2) is 30.5 Å². The molecule has 108 valence electrons. The van der Waals surface area contributed by atoms with E-state index in [9.17, 15) is 4.39 Å². The molecular formula is C15H13ClFN3O. The molecule has 0 saturated heterocycles. The van der Waals surface area contributed by atoms with Crippen molar-refractivity contribution < 1.29 is 9.13 Å². The number of alkyl halides is 1. The molecule has 21 heavy (non-hydrogen) atoms. The normalized spacial score (nSPS) is 11.0. The molecule has 0 atom stereocenters. The van der Waals surface area contributed by atoms with E-state index >= 15 is 0 Å². The van der Waals surface area contributed by atoms with Crippen LogP contribution in [0, 0.1) is 12.7 Å². The van der Waals surface area contributed by atoms with Gasteiger partial charge >= 0.3 is 0 Å². The van der Waals surface area contributed by atoms with E-state index < -0.39 is 0 Å². The summed E-state index contributed by atoms with van der Waals surface area (Å²) in [5.41, 5.74) is 3.12. The molecule has 2 aromatic heterocycles. The highest BCUT2D eigenvalue weighted by molar-refractivity contribution is 6.17. The molecule has 0 aliphatic rings. The number of aryl methyl sites for hydroxylation is 1. The van der Waals surface area contributed by atoms with E-state index in [4.69, 9.17) is 16.3 Å². The van der Waals surface area contributed by atoms with Gasteiger partial charge in [-0.1, -0.05) is 0 Å². The van der Waals surface area contributed by atoms with Crippen LogP contribution in [0.25, 0.3) is 16.9 Å². The summed E-state index contributed by atoms with van der Waals surface area (Å²) in [5, 5.41) is 0. The summed E-state index contributed by atoms with van der Waals surface area (Å²) < 4.78 is 20.5. The zero-order chi connectivity index (χ0) is 15.0. The third-order valence-electron chi connectivity index (χ3n) is 3.32. The van der Waals surface area contributed by atoms with E-state index in [-0.39, 0.29) is 11.7 Å². The van der Waals surface area contributed by atoms with Crippen molar-refractivity contribution in [3.05, 3.63) is 47.7 Å². The number of methoxy groups -OCH3 is 1. The lowest BCUT2D eigenvalue weighted by Crippen LogP contribution is -2.03. The lowest BCUT2D eigenvalue weighted by atomic mass is 10.2. The fourth-order valence-electron chi connectivity index (χ4n) is 2.32. The average Bonchev–Trinajstić information content (AvgIpc) is 2.87. The maximum absolute atomic E-state index is 13.4. The molecule has 4 nitrogen and oxygen atoms in total. The molecule has 1 aromatic carbocycles. The fourth-order valence-corrected chi connectivity index (χ4v) is 2.50. The van der Waals surface area contributed by atoms with Gasteiger partial charge < -0.3 is 4.74 Å². The molecule has 6 heteroatoms. The van der Waals surface area contributed by atoms with Gasteiger partial charge in [-0.25, -0.2) is 14.4 Å². The van der Waals surface area contributed by atoms with Gasteiger partial charge in [-0.2, -0.15) is 0 Å². The number of benzene rings is 1. The number of hydrogen-bond donors (Lipinski definition) is 0. The van der Waals surface area contributed by atoms with Gasteiger partial charge in [-0.15, -0.1) is 11.6 Å². The molecule has 0 saturated carbocycles. The summed E-state index contributed by atoms with van der Waals surface area (Å²) in [4.78, 5) is 8.90. The molecule has 0 N–H and O–H groups in total. The lowest BCUT2D eigenvalue weighted by molar-refractivity contribution is 0.409. The molecule has 0 fully saturated rings. The summed E-state index contributed by atoms with van der Waals surface area (Å²) in [7, 11) is 1.50. The van der Waals surface area contributed by atoms with E-state index in [1.54, 1.807) is 16.8 Å². The van der Waals surface area contributed by atoms with E-state index in [1.807, 2.05) is 13.0 Å². The maximum atomic E-state index is 13.4. The number of pyridine rings is 1. The van der Waals surface area contributed by atoms with Gasteiger partial charge in [0.2, 0.25) is 0 Å². The smallest absolute Gasteiger partial charge is 0.165 e. The van der Waals surface area contributed by atoms with E-state index in [2.05, 4.69) is 9.97 Å². The van der Waals surface area contributed by atoms with Gasteiger partial charge in [0, 0.05) is 12.3 Å². The van der Waals surface area contributed by atoms with Crippen LogP contribution in [0.5, 0.6) is 5.75 Å². The van der Waals surface area contributed by atoms with Crippen molar-refractivity contribution in [2.24, 2.45) is 0 Å². The molecule has 3 rings (SSSR count). The Kier molecular flexibility index (Phi) is 3.51. The van der Waals surface area contributed by atoms with Crippen LogP contribution < -0.4 is 4.74 Å². The summed E-state index contributed by atoms with van der Waals surface area (Å²) in [5.74, 6) is 0.898. The number of fused-ring (bicyclic) bond motifs is 1. The van der Waals surface area contributed by atoms with Gasteiger partial charge in [0.25, 0.3) is 0 Å². The topological polar surface area (TPSA) is 39.9 Å². The largest absolute Gasteiger partial charge is 0.494 e. The van der Waals surface area contributed by atoms with Crippen LogP contribution in [0.3, 0.4) is 0 Å². The summed E-state index contributed by atoms with van der Waals surface area (Å²) in [6, 6.07) is 6.22. The van der Waals surface area contributed by atoms with Gasteiger partial charge in [0.05, 0.1) is 18.7 Å². The van der Waals surface area contributed by atoms with E-state index in [1.165, 1.54) is 19.2 Å². The molecule has 0 aliphatic carbocycles. The molecule has 0 unspecified atom stereocenters. The zero-order valence-electron chi connectivity index (χ0n) is 11.6. The number of halogens is 2. The minimum Gasteiger partial charge on any atom is -0.494 e. The van der Waals surface area contributed by atoms with Crippen LogP contribution >= 0.6 is 11.6 Å². The summed E-state index contributed by atoms with van der Waals surface area (Å²) >= 11 is 6.01. The second-order valence-electron chi connectivity index (χ2n) is 4.61. The van der Waals surface area contributed by atoms with Gasteiger partial charge in [0.15, 0.2) is 5.65 Å². The predicted octanol–water partition coefficient (Wildman–Crippen LogP) is 3.62. The van der Waals surface area contributed by atoms with Crippen molar-refractivity contribution in [3.63, 3.8) is 0 Å². The Balaban J connectivity index is 2.36. The van der Waals surface area contributed by atoms with Gasteiger partial charge in [-0.3, -0.25) is 4.57 Å². The Hall–Kier alpha value is -2.14. The second-order valence-corrected chi connectivity index (χ2v) is 4.88. The van der Waals surface area contributed by atoms with Crippen molar-refractivity contribution in [3.8, 4) is 11.4 Å². The summed E-state index contributed by atoms with van der Waals surface area (Å²) in [6.45, 7) is 1.96. The highest BCUT2D eigenvalue weighted by Crippen LogP contribution is 2.29. The van der Waals surface area contributed by atoms with Gasteiger partial charge in [0.1, 0.15) is 22.9 Å². The lowest BCUT2D eigenvalue weighted by Gasteiger charge is -2.12. The third-order valence-corrected chi connectivity index (χ3v) is 3.56. The van der Waals surface area contributed by atoms with Crippen LogP contribution in [0.2, 0.25) is 0 Å². The number of ether oxygens (including phenoxy) is 1. The maximum Gasteiger partial charge on any atom is 0.165 e. The quantitative estimate of drug-likeness (QED) is 0.694. The first-order valence-electron chi connectivity index (χ1n) is 6.38. The first-order chi connectivity index (χ1) is 10.2. The highest BCUT2D eigenvalue weighted by Gasteiger charge is 2.17. The molecule has 0 spiro atoms. The van der Waals surface area contributed by atoms with Crippen molar-refractivity contribution in [1.29, 1.82) is 0 Å². The first kappa shape index (κ1) is 13.8. The molecule has 0 amide bonds. The van der Waals surface area contributed by atoms with E-state index in [0.29, 0.717) is 22.9 Å². The van der Waals surface area contributed by atoms with Crippen LogP contribution in [-0.2, 0) is 5.88 Å². The molecule has 2 heterocycles. The summed E-state index contributed by atoms with van der Waals surface area (Å²) in [6.07, 6.45) is 1.71. The van der Waals surface area contributed by atoms with Crippen molar-refractivity contribution in [2.75, 3.05) is 7.11 Å². The van der Waals surface area contributed by atoms with Crippen molar-refractivity contribution >= 4 is 22.8 Å². The Morgan fingerprint density at radius 3 is 2.86 bits per heavy atom. The molecule has 0 aliphatic heterocycles. The standard InChI is InChI=1S/C15H13ClFN3O/c1-9-5-6-18-15-14(9)19-13(8-16)20(15)11-4-3-10(17)7-12(11)21-2/h3-7H,8H2,1-2H3. The average molecular weight is 306 g/mol. The molecular weight excluding hydrogens is 293 g/mol. The second kappa shape index (κ2) is 5.33. The van der Waals surface area contributed by atoms with Crippen molar-refractivity contribution in [2.45, 2.75) is 12.8 Å². The fraction of sp³-hybridized carbons (Fsp3) is 0.200. The Morgan fingerprint density at radius 2 is 2.14 bits per heavy atom.